The van der Waals surface area contributed by atoms with Crippen molar-refractivity contribution in [3.8, 4) is 11.4 Å². The monoisotopic (exact) mass is 231 g/mol. The van der Waals surface area contributed by atoms with Gasteiger partial charge in [-0.05, 0) is 26.0 Å². The van der Waals surface area contributed by atoms with Crippen LogP contribution in [-0.4, -0.2) is 21.9 Å². The Bertz CT molecular complexity index is 491. The first-order valence-corrected chi connectivity index (χ1v) is 5.70. The van der Waals surface area contributed by atoms with Gasteiger partial charge in [0.1, 0.15) is 0 Å². The molecule has 4 nitrogen and oxygen atoms in total. The van der Waals surface area contributed by atoms with E-state index in [1.54, 1.807) is 19.5 Å². The Morgan fingerprint density at radius 1 is 1.29 bits per heavy atom. The highest BCUT2D eigenvalue weighted by atomic mass is 16.5. The van der Waals surface area contributed by atoms with E-state index in [-0.39, 0.29) is 0 Å². The molecule has 2 aromatic rings. The Balaban J connectivity index is 2.48. The number of methoxy groups -OCH3 is 1. The zero-order valence-electron chi connectivity index (χ0n) is 10.4. The average molecular weight is 231 g/mol. The number of hydrogen-bond donors (Lipinski definition) is 0. The normalized spacial score (nSPS) is 11.1. The minimum atomic E-state index is 0.317. The molecule has 90 valence electrons. The molecule has 0 amide bonds. The van der Waals surface area contributed by atoms with Crippen LogP contribution in [0.25, 0.3) is 11.4 Å². The number of ether oxygens (including phenoxy) is 1. The van der Waals surface area contributed by atoms with Gasteiger partial charge in [-0.2, -0.15) is 5.10 Å². The number of pyridine rings is 1. The largest absolute Gasteiger partial charge is 0.380 e. The van der Waals surface area contributed by atoms with Crippen LogP contribution in [0.1, 0.15) is 25.5 Å². The van der Waals surface area contributed by atoms with Crippen molar-refractivity contribution in [2.75, 3.05) is 7.11 Å². The van der Waals surface area contributed by atoms with Gasteiger partial charge >= 0.3 is 0 Å². The molecule has 2 heterocycles. The molecule has 0 saturated heterocycles. The third kappa shape index (κ3) is 2.36. The molecule has 0 aromatic carbocycles. The second kappa shape index (κ2) is 5.10. The highest BCUT2D eigenvalue weighted by Crippen LogP contribution is 2.23. The molecule has 2 rings (SSSR count). The molecule has 0 aliphatic carbocycles. The fraction of sp³-hybridized carbons (Fsp3) is 0.385. The maximum atomic E-state index is 5.20. The van der Waals surface area contributed by atoms with Gasteiger partial charge in [-0.1, -0.05) is 6.07 Å². The van der Waals surface area contributed by atoms with Gasteiger partial charge < -0.3 is 4.74 Å². The Morgan fingerprint density at radius 2 is 2.12 bits per heavy atom. The van der Waals surface area contributed by atoms with E-state index in [0.717, 1.165) is 17.0 Å². The molecule has 0 atom stereocenters. The Kier molecular flexibility index (Phi) is 3.54. The quantitative estimate of drug-likeness (QED) is 0.812. The Labute approximate surface area is 101 Å². The van der Waals surface area contributed by atoms with Gasteiger partial charge in [0, 0.05) is 31.1 Å². The average Bonchev–Trinajstić information content (AvgIpc) is 2.79. The van der Waals surface area contributed by atoms with Crippen LogP contribution in [-0.2, 0) is 11.3 Å². The Morgan fingerprint density at radius 3 is 2.82 bits per heavy atom. The van der Waals surface area contributed by atoms with Gasteiger partial charge in [0.25, 0.3) is 0 Å². The summed E-state index contributed by atoms with van der Waals surface area (Å²) in [7, 11) is 1.69. The van der Waals surface area contributed by atoms with Crippen molar-refractivity contribution in [2.45, 2.75) is 26.5 Å². The van der Waals surface area contributed by atoms with Crippen molar-refractivity contribution in [1.82, 2.24) is 14.8 Å². The minimum Gasteiger partial charge on any atom is -0.380 e. The van der Waals surface area contributed by atoms with Gasteiger partial charge in [-0.15, -0.1) is 0 Å². The van der Waals surface area contributed by atoms with Crippen LogP contribution in [0, 0.1) is 0 Å². The molecule has 0 saturated carbocycles. The number of aromatic nitrogens is 3. The maximum absolute atomic E-state index is 5.20. The van der Waals surface area contributed by atoms with Gasteiger partial charge in [-0.3, -0.25) is 9.67 Å². The van der Waals surface area contributed by atoms with Crippen LogP contribution >= 0.6 is 0 Å². The lowest BCUT2D eigenvalue weighted by Gasteiger charge is -2.12. The van der Waals surface area contributed by atoms with Crippen molar-refractivity contribution in [3.63, 3.8) is 0 Å². The van der Waals surface area contributed by atoms with Crippen LogP contribution in [0.15, 0.2) is 30.6 Å². The molecule has 0 bridgehead atoms. The second-order valence-electron chi connectivity index (χ2n) is 4.20. The van der Waals surface area contributed by atoms with E-state index in [1.807, 2.05) is 22.9 Å². The summed E-state index contributed by atoms with van der Waals surface area (Å²) in [5.74, 6) is 0. The molecule has 0 spiro atoms. The van der Waals surface area contributed by atoms with Crippen LogP contribution in [0.2, 0.25) is 0 Å². The van der Waals surface area contributed by atoms with E-state index >= 15 is 0 Å². The molecule has 2 aromatic heterocycles. The van der Waals surface area contributed by atoms with Crippen molar-refractivity contribution >= 4 is 0 Å². The summed E-state index contributed by atoms with van der Waals surface area (Å²) in [5.41, 5.74) is 3.06. The fourth-order valence-electron chi connectivity index (χ4n) is 1.85. The standard InChI is InChI=1S/C13H17N3O/c1-10(2)16-12(6-8-15-16)13-11(9-17-3)5-4-7-14-13/h4-8,10H,9H2,1-3H3. The zero-order chi connectivity index (χ0) is 12.3. The van der Waals surface area contributed by atoms with Crippen LogP contribution in [0.4, 0.5) is 0 Å². The summed E-state index contributed by atoms with van der Waals surface area (Å²) < 4.78 is 7.17. The van der Waals surface area contributed by atoms with Crippen molar-refractivity contribution in [1.29, 1.82) is 0 Å². The first-order valence-electron chi connectivity index (χ1n) is 5.70. The van der Waals surface area contributed by atoms with E-state index in [9.17, 15) is 0 Å². The summed E-state index contributed by atoms with van der Waals surface area (Å²) in [6.45, 7) is 4.78. The van der Waals surface area contributed by atoms with E-state index < -0.39 is 0 Å². The Hall–Kier alpha value is -1.68. The third-order valence-corrected chi connectivity index (χ3v) is 2.59. The summed E-state index contributed by atoms with van der Waals surface area (Å²) in [5, 5.41) is 4.33. The molecular formula is C13H17N3O. The maximum Gasteiger partial charge on any atom is 0.0938 e. The van der Waals surface area contributed by atoms with Crippen LogP contribution in [0.3, 0.4) is 0 Å². The summed E-state index contributed by atoms with van der Waals surface area (Å²) in [6.07, 6.45) is 3.60. The van der Waals surface area contributed by atoms with E-state index in [1.165, 1.54) is 0 Å². The summed E-state index contributed by atoms with van der Waals surface area (Å²) >= 11 is 0. The minimum absolute atomic E-state index is 0.317. The SMILES string of the molecule is COCc1cccnc1-c1ccnn1C(C)C. The van der Waals surface area contributed by atoms with Gasteiger partial charge in [0.15, 0.2) is 0 Å². The van der Waals surface area contributed by atoms with Crippen LogP contribution in [0.5, 0.6) is 0 Å². The molecule has 0 aliphatic heterocycles. The lowest BCUT2D eigenvalue weighted by molar-refractivity contribution is 0.185. The van der Waals surface area contributed by atoms with E-state index in [0.29, 0.717) is 12.6 Å². The number of nitrogens with zero attached hydrogens (tertiary/aromatic N) is 3. The van der Waals surface area contributed by atoms with Crippen molar-refractivity contribution < 1.29 is 4.74 Å². The first kappa shape index (κ1) is 11.8. The summed E-state index contributed by atoms with van der Waals surface area (Å²) in [6, 6.07) is 6.26. The smallest absolute Gasteiger partial charge is 0.0938 e. The van der Waals surface area contributed by atoms with Crippen LogP contribution < -0.4 is 0 Å². The molecule has 0 unspecified atom stereocenters. The number of hydrogen-bond acceptors (Lipinski definition) is 3. The summed E-state index contributed by atoms with van der Waals surface area (Å²) in [4.78, 5) is 4.44. The molecule has 17 heavy (non-hydrogen) atoms. The predicted molar refractivity (Wildman–Crippen MR) is 66.6 cm³/mol. The van der Waals surface area contributed by atoms with E-state index in [4.69, 9.17) is 4.74 Å². The van der Waals surface area contributed by atoms with Gasteiger partial charge in [0.2, 0.25) is 0 Å². The third-order valence-electron chi connectivity index (χ3n) is 2.59. The highest BCUT2D eigenvalue weighted by Gasteiger charge is 2.12. The van der Waals surface area contributed by atoms with Crippen molar-refractivity contribution in [3.05, 3.63) is 36.2 Å². The van der Waals surface area contributed by atoms with Gasteiger partial charge in [-0.25, -0.2) is 0 Å². The zero-order valence-corrected chi connectivity index (χ0v) is 10.4. The molecule has 4 heteroatoms. The molecular weight excluding hydrogens is 214 g/mol. The highest BCUT2D eigenvalue weighted by molar-refractivity contribution is 5.58. The molecule has 0 radical (unpaired) electrons. The lowest BCUT2D eigenvalue weighted by atomic mass is 10.1. The molecule has 0 aliphatic rings. The van der Waals surface area contributed by atoms with Gasteiger partial charge in [0.05, 0.1) is 18.0 Å². The molecule has 0 fully saturated rings. The topological polar surface area (TPSA) is 39.9 Å². The predicted octanol–water partition coefficient (Wildman–Crippen LogP) is 2.67. The second-order valence-corrected chi connectivity index (χ2v) is 4.20. The fourth-order valence-corrected chi connectivity index (χ4v) is 1.85. The van der Waals surface area contributed by atoms with E-state index in [2.05, 4.69) is 23.9 Å². The molecule has 0 N–H and O–H groups in total. The first-order chi connectivity index (χ1) is 8.24. The lowest BCUT2D eigenvalue weighted by Crippen LogP contribution is -2.06. The van der Waals surface area contributed by atoms with Crippen molar-refractivity contribution in [2.24, 2.45) is 0 Å². The number of rotatable bonds is 4.